The third-order valence-corrected chi connectivity index (χ3v) is 6.80. The molecule has 1 aromatic heterocycles. The Labute approximate surface area is 215 Å². The van der Waals surface area contributed by atoms with Crippen molar-refractivity contribution in [3.8, 4) is 0 Å². The van der Waals surface area contributed by atoms with Crippen molar-refractivity contribution < 1.29 is 9.59 Å². The van der Waals surface area contributed by atoms with Gasteiger partial charge in [0.25, 0.3) is 0 Å². The summed E-state index contributed by atoms with van der Waals surface area (Å²) in [7, 11) is 0. The minimum atomic E-state index is -0.377. The third kappa shape index (κ3) is 7.49. The average Bonchev–Trinajstić information content (AvgIpc) is 3.19. The monoisotopic (exact) mass is 517 g/mol. The van der Waals surface area contributed by atoms with Gasteiger partial charge < -0.3 is 15.1 Å². The van der Waals surface area contributed by atoms with E-state index in [1.807, 2.05) is 61.4 Å². The van der Waals surface area contributed by atoms with E-state index in [1.165, 1.54) is 4.90 Å². The average molecular weight is 519 g/mol. The summed E-state index contributed by atoms with van der Waals surface area (Å²) in [5.41, 5.74) is 2.65. The van der Waals surface area contributed by atoms with E-state index in [-0.39, 0.29) is 24.4 Å². The zero-order valence-electron chi connectivity index (χ0n) is 19.6. The molecule has 0 fully saturated rings. The van der Waals surface area contributed by atoms with Gasteiger partial charge in [-0.25, -0.2) is 4.79 Å². The van der Waals surface area contributed by atoms with Crippen molar-refractivity contribution in [3.05, 3.63) is 86.0 Å². The number of halogens is 2. The van der Waals surface area contributed by atoms with Crippen LogP contribution in [0.4, 0.5) is 10.5 Å². The predicted octanol–water partition coefficient (Wildman–Crippen LogP) is 7.08. The second kappa shape index (κ2) is 12.2. The quantitative estimate of drug-likeness (QED) is 0.329. The van der Waals surface area contributed by atoms with E-state index in [2.05, 4.69) is 11.4 Å². The smallest absolute Gasteiger partial charge is 0.322 e. The molecular weight excluding hydrogens is 489 g/mol. The summed E-state index contributed by atoms with van der Waals surface area (Å²) in [6, 6.07) is 16.4. The summed E-state index contributed by atoms with van der Waals surface area (Å²) in [6.07, 6.45) is 0. The number of carbonyl (C=O) groups excluding carboxylic acids is 2. The normalized spacial score (nSPS) is 10.9. The van der Waals surface area contributed by atoms with Crippen molar-refractivity contribution in [3.63, 3.8) is 0 Å². The van der Waals surface area contributed by atoms with Crippen LogP contribution in [0.5, 0.6) is 0 Å². The van der Waals surface area contributed by atoms with Crippen LogP contribution in [0.1, 0.15) is 29.9 Å². The van der Waals surface area contributed by atoms with Crippen LogP contribution in [0.2, 0.25) is 10.0 Å². The number of anilines is 1. The number of urea groups is 1. The number of nitrogens with zero attached hydrogens (tertiary/aromatic N) is 2. The van der Waals surface area contributed by atoms with E-state index in [0.717, 1.165) is 16.0 Å². The number of amides is 3. The lowest BCUT2D eigenvalue weighted by atomic mass is 10.2. The molecule has 34 heavy (non-hydrogen) atoms. The Kier molecular flexibility index (Phi) is 9.39. The SMILES string of the molecule is Cc1ccsc1CN(Cc1ccccc1)C(=O)CN(CC(C)C)C(=O)Nc1ccc(Cl)cc1Cl. The number of hydrogen-bond donors (Lipinski definition) is 1. The van der Waals surface area contributed by atoms with Crippen LogP contribution in [0.25, 0.3) is 0 Å². The summed E-state index contributed by atoms with van der Waals surface area (Å²) < 4.78 is 0. The summed E-state index contributed by atoms with van der Waals surface area (Å²) >= 11 is 13.8. The fraction of sp³-hybridized carbons (Fsp3) is 0.308. The third-order valence-electron chi connectivity index (χ3n) is 5.24. The van der Waals surface area contributed by atoms with Gasteiger partial charge in [-0.15, -0.1) is 11.3 Å². The van der Waals surface area contributed by atoms with E-state index >= 15 is 0 Å². The van der Waals surface area contributed by atoms with E-state index in [4.69, 9.17) is 23.2 Å². The van der Waals surface area contributed by atoms with Crippen molar-refractivity contribution in [1.82, 2.24) is 9.80 Å². The largest absolute Gasteiger partial charge is 0.332 e. The fourth-order valence-corrected chi connectivity index (χ4v) is 4.86. The summed E-state index contributed by atoms with van der Waals surface area (Å²) in [4.78, 5) is 31.1. The maximum absolute atomic E-state index is 13.5. The Morgan fingerprint density at radius 2 is 1.74 bits per heavy atom. The Hall–Kier alpha value is -2.54. The van der Waals surface area contributed by atoms with Gasteiger partial charge >= 0.3 is 6.03 Å². The highest BCUT2D eigenvalue weighted by Gasteiger charge is 2.24. The van der Waals surface area contributed by atoms with Gasteiger partial charge in [0.15, 0.2) is 0 Å². The number of nitrogens with one attached hydrogen (secondary N) is 1. The second-order valence-corrected chi connectivity index (χ2v) is 10.4. The van der Waals surface area contributed by atoms with E-state index < -0.39 is 0 Å². The summed E-state index contributed by atoms with van der Waals surface area (Å²) in [5.74, 6) is 0.0657. The minimum Gasteiger partial charge on any atom is -0.332 e. The van der Waals surface area contributed by atoms with Crippen molar-refractivity contribution in [2.75, 3.05) is 18.4 Å². The highest BCUT2D eigenvalue weighted by Crippen LogP contribution is 2.26. The van der Waals surface area contributed by atoms with Crippen molar-refractivity contribution in [2.24, 2.45) is 5.92 Å². The first-order valence-corrected chi connectivity index (χ1v) is 12.7. The van der Waals surface area contributed by atoms with Crippen molar-refractivity contribution in [2.45, 2.75) is 33.9 Å². The molecule has 0 saturated heterocycles. The van der Waals surface area contributed by atoms with Gasteiger partial charge in [0.05, 0.1) is 17.3 Å². The molecule has 3 aromatic rings. The summed E-state index contributed by atoms with van der Waals surface area (Å²) in [5, 5.41) is 5.68. The zero-order valence-corrected chi connectivity index (χ0v) is 21.9. The number of benzene rings is 2. The van der Waals surface area contributed by atoms with Gasteiger partial charge in [-0.2, -0.15) is 0 Å². The molecule has 1 heterocycles. The molecule has 0 bridgehead atoms. The molecule has 5 nitrogen and oxygen atoms in total. The molecule has 0 unspecified atom stereocenters. The van der Waals surface area contributed by atoms with Crippen LogP contribution in [-0.2, 0) is 17.9 Å². The Bertz CT molecular complexity index is 1120. The molecular formula is C26H29Cl2N3O2S. The first-order chi connectivity index (χ1) is 16.2. The molecule has 0 radical (unpaired) electrons. The van der Waals surface area contributed by atoms with Gasteiger partial charge in [0.1, 0.15) is 6.54 Å². The van der Waals surface area contributed by atoms with Crippen LogP contribution in [-0.4, -0.2) is 34.8 Å². The summed E-state index contributed by atoms with van der Waals surface area (Å²) in [6.45, 7) is 7.43. The Balaban J connectivity index is 1.79. The maximum atomic E-state index is 13.5. The van der Waals surface area contributed by atoms with E-state index in [0.29, 0.717) is 35.4 Å². The molecule has 0 aliphatic heterocycles. The molecule has 3 amide bonds. The van der Waals surface area contributed by atoms with Gasteiger partial charge in [0, 0.05) is 23.0 Å². The molecule has 2 aromatic carbocycles. The van der Waals surface area contributed by atoms with Gasteiger partial charge in [-0.3, -0.25) is 4.79 Å². The second-order valence-electron chi connectivity index (χ2n) is 8.59. The Morgan fingerprint density at radius 1 is 1.00 bits per heavy atom. The number of hydrogen-bond acceptors (Lipinski definition) is 3. The van der Waals surface area contributed by atoms with Crippen LogP contribution < -0.4 is 5.32 Å². The van der Waals surface area contributed by atoms with E-state index in [1.54, 1.807) is 29.5 Å². The lowest BCUT2D eigenvalue weighted by Gasteiger charge is -2.29. The number of aryl methyl sites for hydroxylation is 1. The Morgan fingerprint density at radius 3 is 2.35 bits per heavy atom. The molecule has 0 saturated carbocycles. The maximum Gasteiger partial charge on any atom is 0.322 e. The molecule has 0 aliphatic carbocycles. The number of rotatable bonds is 9. The number of thiophene rings is 1. The highest BCUT2D eigenvalue weighted by atomic mass is 35.5. The highest BCUT2D eigenvalue weighted by molar-refractivity contribution is 7.10. The predicted molar refractivity (Wildman–Crippen MR) is 142 cm³/mol. The molecule has 1 N–H and O–H groups in total. The van der Waals surface area contributed by atoms with Gasteiger partial charge in [-0.1, -0.05) is 67.4 Å². The first-order valence-electron chi connectivity index (χ1n) is 11.1. The minimum absolute atomic E-state index is 0.0352. The topological polar surface area (TPSA) is 52.7 Å². The van der Waals surface area contributed by atoms with Crippen LogP contribution >= 0.6 is 34.5 Å². The van der Waals surface area contributed by atoms with E-state index in [9.17, 15) is 9.59 Å². The zero-order chi connectivity index (χ0) is 24.7. The molecule has 0 spiro atoms. The molecule has 180 valence electrons. The lowest BCUT2D eigenvalue weighted by molar-refractivity contribution is -0.133. The molecule has 3 rings (SSSR count). The van der Waals surface area contributed by atoms with Gasteiger partial charge in [-0.05, 0) is 53.6 Å². The molecule has 8 heteroatoms. The van der Waals surface area contributed by atoms with Crippen molar-refractivity contribution >= 4 is 52.2 Å². The molecule has 0 atom stereocenters. The first kappa shape index (κ1) is 26.1. The van der Waals surface area contributed by atoms with Crippen LogP contribution in [0, 0.1) is 12.8 Å². The standard InChI is InChI=1S/C26H29Cl2N3O2S/c1-18(2)14-31(26(33)29-23-10-9-21(27)13-22(23)28)17-25(32)30(15-20-7-5-4-6-8-20)16-24-19(3)11-12-34-24/h4-13,18H,14-17H2,1-3H3,(H,29,33). The van der Waals surface area contributed by atoms with Gasteiger partial charge in [0.2, 0.25) is 5.91 Å². The fourth-order valence-electron chi connectivity index (χ4n) is 3.48. The lowest BCUT2D eigenvalue weighted by Crippen LogP contribution is -2.45. The van der Waals surface area contributed by atoms with Crippen molar-refractivity contribution in [1.29, 1.82) is 0 Å². The molecule has 0 aliphatic rings. The van der Waals surface area contributed by atoms with Crippen LogP contribution in [0.15, 0.2) is 60.0 Å². The number of carbonyl (C=O) groups is 2. The van der Waals surface area contributed by atoms with Crippen LogP contribution in [0.3, 0.4) is 0 Å².